The summed E-state index contributed by atoms with van der Waals surface area (Å²) in [5.74, 6) is 0. The van der Waals surface area contributed by atoms with E-state index >= 15 is 0 Å². The highest BCUT2D eigenvalue weighted by atomic mass is 16.6. The van der Waals surface area contributed by atoms with Crippen LogP contribution in [0.25, 0.3) is 11.0 Å². The number of anilines is 1. The molecule has 1 aliphatic heterocycles. The molecule has 1 aromatic carbocycles. The van der Waals surface area contributed by atoms with Gasteiger partial charge in [0.05, 0.1) is 34.7 Å². The van der Waals surface area contributed by atoms with Gasteiger partial charge in [-0.25, -0.2) is 14.8 Å². The second-order valence-corrected chi connectivity index (χ2v) is 8.53. The molecule has 0 radical (unpaired) electrons. The zero-order valence-corrected chi connectivity index (χ0v) is 17.4. The molecule has 6 nitrogen and oxygen atoms in total. The van der Waals surface area contributed by atoms with E-state index in [2.05, 4.69) is 29.8 Å². The fourth-order valence-corrected chi connectivity index (χ4v) is 3.68. The standard InChI is InChI=1S/C21H30N4O2/c1-13-11-24(12-14(2)25(13)20(26)27-21(5,6)7)18-10-8-9-17-19(18)23-16(4)15(3)22-17/h8-10,13-14H,11-12H2,1-7H3/t13-,14?/m0/s1. The summed E-state index contributed by atoms with van der Waals surface area (Å²) in [5.41, 5.74) is 4.32. The number of ether oxygens (including phenoxy) is 1. The normalized spacial score (nSPS) is 20.9. The third-order valence-corrected chi connectivity index (χ3v) is 4.95. The van der Waals surface area contributed by atoms with Crippen LogP contribution in [0.1, 0.15) is 46.0 Å². The van der Waals surface area contributed by atoms with Crippen molar-refractivity contribution in [1.29, 1.82) is 0 Å². The Balaban J connectivity index is 1.88. The van der Waals surface area contributed by atoms with E-state index in [9.17, 15) is 4.79 Å². The number of piperazine rings is 1. The Bertz CT molecular complexity index is 847. The number of aryl methyl sites for hydroxylation is 2. The summed E-state index contributed by atoms with van der Waals surface area (Å²) in [6.45, 7) is 15.3. The molecular weight excluding hydrogens is 340 g/mol. The maximum absolute atomic E-state index is 12.6. The van der Waals surface area contributed by atoms with Gasteiger partial charge in [-0.3, -0.25) is 4.90 Å². The predicted molar refractivity (Wildman–Crippen MR) is 108 cm³/mol. The molecule has 146 valence electrons. The molecule has 2 atom stereocenters. The van der Waals surface area contributed by atoms with E-state index < -0.39 is 5.60 Å². The van der Waals surface area contributed by atoms with Gasteiger partial charge >= 0.3 is 6.09 Å². The lowest BCUT2D eigenvalue weighted by Gasteiger charge is -2.45. The molecule has 1 amide bonds. The van der Waals surface area contributed by atoms with Crippen molar-refractivity contribution in [2.45, 2.75) is 66.2 Å². The van der Waals surface area contributed by atoms with Gasteiger partial charge in [0.2, 0.25) is 0 Å². The van der Waals surface area contributed by atoms with Crippen LogP contribution in [0.2, 0.25) is 0 Å². The molecule has 6 heteroatoms. The highest BCUT2D eigenvalue weighted by Gasteiger charge is 2.36. The first kappa shape index (κ1) is 19.4. The van der Waals surface area contributed by atoms with Crippen LogP contribution in [0, 0.1) is 13.8 Å². The second kappa shape index (κ2) is 6.98. The molecule has 2 heterocycles. The molecule has 1 saturated heterocycles. The van der Waals surface area contributed by atoms with Gasteiger partial charge in [0.25, 0.3) is 0 Å². The van der Waals surface area contributed by atoms with Crippen LogP contribution in [0.4, 0.5) is 10.5 Å². The topological polar surface area (TPSA) is 58.6 Å². The molecule has 0 N–H and O–H groups in total. The second-order valence-electron chi connectivity index (χ2n) is 8.53. The summed E-state index contributed by atoms with van der Waals surface area (Å²) in [6, 6.07) is 6.20. The number of fused-ring (bicyclic) bond motifs is 1. The van der Waals surface area contributed by atoms with Gasteiger partial charge in [0.1, 0.15) is 11.1 Å². The molecule has 1 aromatic heterocycles. The Labute approximate surface area is 161 Å². The van der Waals surface area contributed by atoms with Crippen LogP contribution in [0.3, 0.4) is 0 Å². The number of nitrogens with zero attached hydrogens (tertiary/aromatic N) is 4. The summed E-state index contributed by atoms with van der Waals surface area (Å²) in [6.07, 6.45) is -0.244. The first-order valence-corrected chi connectivity index (χ1v) is 9.57. The zero-order valence-electron chi connectivity index (χ0n) is 17.4. The number of hydrogen-bond donors (Lipinski definition) is 0. The molecule has 2 aromatic rings. The van der Waals surface area contributed by atoms with Crippen molar-refractivity contribution in [3.63, 3.8) is 0 Å². The third-order valence-electron chi connectivity index (χ3n) is 4.95. The SMILES string of the molecule is Cc1nc2cccc(N3CC(C)N(C(=O)OC(C)(C)C)[C@@H](C)C3)c2nc1C. The van der Waals surface area contributed by atoms with E-state index in [1.807, 2.05) is 51.7 Å². The van der Waals surface area contributed by atoms with Gasteiger partial charge in [-0.1, -0.05) is 6.07 Å². The summed E-state index contributed by atoms with van der Waals surface area (Å²) >= 11 is 0. The van der Waals surface area contributed by atoms with Gasteiger partial charge in [-0.15, -0.1) is 0 Å². The van der Waals surface area contributed by atoms with Crippen LogP contribution in [-0.4, -0.2) is 51.7 Å². The minimum atomic E-state index is -0.492. The Morgan fingerprint density at radius 3 is 2.26 bits per heavy atom. The lowest BCUT2D eigenvalue weighted by Crippen LogP contribution is -2.59. The number of carbonyl (C=O) groups is 1. The van der Waals surface area contributed by atoms with Crippen molar-refractivity contribution in [2.24, 2.45) is 0 Å². The van der Waals surface area contributed by atoms with Crippen molar-refractivity contribution in [3.05, 3.63) is 29.6 Å². The average Bonchev–Trinajstić information content (AvgIpc) is 2.53. The molecule has 0 saturated carbocycles. The van der Waals surface area contributed by atoms with E-state index in [0.717, 1.165) is 41.2 Å². The van der Waals surface area contributed by atoms with Crippen LogP contribution in [0.15, 0.2) is 18.2 Å². The number of aromatic nitrogens is 2. The predicted octanol–water partition coefficient (Wildman–Crippen LogP) is 4.08. The van der Waals surface area contributed by atoms with Gasteiger partial charge in [-0.05, 0) is 60.6 Å². The van der Waals surface area contributed by atoms with Crippen LogP contribution < -0.4 is 4.90 Å². The van der Waals surface area contributed by atoms with Gasteiger partial charge in [0.15, 0.2) is 0 Å². The maximum atomic E-state index is 12.6. The van der Waals surface area contributed by atoms with Gasteiger partial charge in [0, 0.05) is 13.1 Å². The van der Waals surface area contributed by atoms with Crippen LogP contribution >= 0.6 is 0 Å². The average molecular weight is 370 g/mol. The maximum Gasteiger partial charge on any atom is 0.410 e. The smallest absolute Gasteiger partial charge is 0.410 e. The van der Waals surface area contributed by atoms with Crippen molar-refractivity contribution in [1.82, 2.24) is 14.9 Å². The minimum absolute atomic E-state index is 0.0401. The molecule has 0 aliphatic carbocycles. The number of para-hydroxylation sites is 1. The quantitative estimate of drug-likeness (QED) is 0.757. The van der Waals surface area contributed by atoms with E-state index in [0.29, 0.717) is 0 Å². The zero-order chi connectivity index (χ0) is 19.9. The molecule has 1 unspecified atom stereocenters. The van der Waals surface area contributed by atoms with Crippen molar-refractivity contribution in [2.75, 3.05) is 18.0 Å². The monoisotopic (exact) mass is 370 g/mol. The lowest BCUT2D eigenvalue weighted by molar-refractivity contribution is 0.00568. The Morgan fingerprint density at radius 1 is 1.07 bits per heavy atom. The Hall–Kier alpha value is -2.37. The first-order chi connectivity index (χ1) is 12.6. The van der Waals surface area contributed by atoms with Gasteiger partial charge < -0.3 is 9.64 Å². The lowest BCUT2D eigenvalue weighted by atomic mass is 10.1. The molecular formula is C21H30N4O2. The van der Waals surface area contributed by atoms with Crippen LogP contribution in [-0.2, 0) is 4.74 Å². The fourth-order valence-electron chi connectivity index (χ4n) is 3.68. The summed E-state index contributed by atoms with van der Waals surface area (Å²) in [5, 5.41) is 0. The Kier molecular flexibility index (Phi) is 5.02. The number of rotatable bonds is 1. The number of hydrogen-bond acceptors (Lipinski definition) is 5. The summed E-state index contributed by atoms with van der Waals surface area (Å²) < 4.78 is 5.60. The van der Waals surface area contributed by atoms with E-state index in [-0.39, 0.29) is 18.2 Å². The highest BCUT2D eigenvalue weighted by Crippen LogP contribution is 2.29. The van der Waals surface area contributed by atoms with Crippen molar-refractivity contribution < 1.29 is 9.53 Å². The molecule has 1 fully saturated rings. The van der Waals surface area contributed by atoms with E-state index in [4.69, 9.17) is 9.72 Å². The summed E-state index contributed by atoms with van der Waals surface area (Å²) in [4.78, 5) is 26.3. The molecule has 1 aliphatic rings. The van der Waals surface area contributed by atoms with Crippen molar-refractivity contribution in [3.8, 4) is 0 Å². The van der Waals surface area contributed by atoms with Crippen LogP contribution in [0.5, 0.6) is 0 Å². The largest absolute Gasteiger partial charge is 0.444 e. The fraction of sp³-hybridized carbons (Fsp3) is 0.571. The minimum Gasteiger partial charge on any atom is -0.444 e. The first-order valence-electron chi connectivity index (χ1n) is 9.57. The highest BCUT2D eigenvalue weighted by molar-refractivity contribution is 5.88. The van der Waals surface area contributed by atoms with E-state index in [1.165, 1.54) is 0 Å². The molecule has 3 rings (SSSR count). The molecule has 27 heavy (non-hydrogen) atoms. The number of carbonyl (C=O) groups excluding carboxylic acids is 1. The van der Waals surface area contributed by atoms with Crippen molar-refractivity contribution >= 4 is 22.8 Å². The van der Waals surface area contributed by atoms with Gasteiger partial charge in [-0.2, -0.15) is 0 Å². The number of amides is 1. The Morgan fingerprint density at radius 2 is 1.67 bits per heavy atom. The molecule has 0 bridgehead atoms. The number of benzene rings is 1. The summed E-state index contributed by atoms with van der Waals surface area (Å²) in [7, 11) is 0. The third kappa shape index (κ3) is 3.99. The van der Waals surface area contributed by atoms with E-state index in [1.54, 1.807) is 0 Å². The molecule has 0 spiro atoms.